The fourth-order valence-corrected chi connectivity index (χ4v) is 2.53. The van der Waals surface area contributed by atoms with Gasteiger partial charge >= 0.3 is 0 Å². The van der Waals surface area contributed by atoms with Gasteiger partial charge in [-0.15, -0.1) is 0 Å². The molecule has 0 bridgehead atoms. The minimum absolute atomic E-state index is 0.500. The van der Waals surface area contributed by atoms with Gasteiger partial charge in [-0.2, -0.15) is 0 Å². The summed E-state index contributed by atoms with van der Waals surface area (Å²) in [6.07, 6.45) is 2.43. The van der Waals surface area contributed by atoms with E-state index in [0.717, 1.165) is 11.7 Å². The van der Waals surface area contributed by atoms with Crippen LogP contribution in [0, 0.1) is 5.92 Å². The van der Waals surface area contributed by atoms with Gasteiger partial charge < -0.3 is 10.1 Å². The molecule has 2 unspecified atom stereocenters. The van der Waals surface area contributed by atoms with Crippen LogP contribution in [0.25, 0.3) is 0 Å². The monoisotopic (exact) mass is 205 g/mol. The fourth-order valence-electron chi connectivity index (χ4n) is 2.53. The Balaban J connectivity index is 2.38. The Bertz CT molecular complexity index is 348. The smallest absolute Gasteiger partial charge is 0.119 e. The Labute approximate surface area is 91.6 Å². The second-order valence-electron chi connectivity index (χ2n) is 4.35. The van der Waals surface area contributed by atoms with Crippen molar-refractivity contribution < 1.29 is 4.74 Å². The molecule has 0 saturated heterocycles. The molecule has 1 aliphatic carbocycles. The van der Waals surface area contributed by atoms with Crippen LogP contribution in [0.1, 0.15) is 30.5 Å². The van der Waals surface area contributed by atoms with E-state index in [4.69, 9.17) is 4.74 Å². The molecule has 1 aromatic rings. The molecule has 0 amide bonds. The van der Waals surface area contributed by atoms with Crippen molar-refractivity contribution in [2.75, 3.05) is 14.2 Å². The van der Waals surface area contributed by atoms with E-state index in [0.29, 0.717) is 6.04 Å². The molecule has 2 nitrogen and oxygen atoms in total. The lowest BCUT2D eigenvalue weighted by molar-refractivity contribution is 0.361. The molecule has 82 valence electrons. The van der Waals surface area contributed by atoms with Gasteiger partial charge in [0.2, 0.25) is 0 Å². The first-order valence-electron chi connectivity index (χ1n) is 5.60. The minimum atomic E-state index is 0.500. The van der Waals surface area contributed by atoms with Gasteiger partial charge in [0.05, 0.1) is 7.11 Å². The molecule has 2 heteroatoms. The molecular weight excluding hydrogens is 186 g/mol. The number of nitrogens with one attached hydrogen (secondary N) is 1. The van der Waals surface area contributed by atoms with E-state index >= 15 is 0 Å². The first-order valence-corrected chi connectivity index (χ1v) is 5.60. The third kappa shape index (κ3) is 1.86. The molecule has 0 aliphatic heterocycles. The van der Waals surface area contributed by atoms with Gasteiger partial charge in [0, 0.05) is 6.04 Å². The first kappa shape index (κ1) is 10.5. The van der Waals surface area contributed by atoms with Crippen LogP contribution in [0.3, 0.4) is 0 Å². The molecule has 0 heterocycles. The van der Waals surface area contributed by atoms with Gasteiger partial charge in [-0.25, -0.2) is 0 Å². The van der Waals surface area contributed by atoms with Crippen LogP contribution in [-0.2, 0) is 6.42 Å². The molecule has 2 rings (SSSR count). The maximum absolute atomic E-state index is 5.26. The summed E-state index contributed by atoms with van der Waals surface area (Å²) in [7, 11) is 3.77. The predicted molar refractivity (Wildman–Crippen MR) is 62.3 cm³/mol. The number of ether oxygens (including phenoxy) is 1. The van der Waals surface area contributed by atoms with Gasteiger partial charge in [-0.1, -0.05) is 13.0 Å². The van der Waals surface area contributed by atoms with Crippen molar-refractivity contribution in [3.05, 3.63) is 29.3 Å². The summed E-state index contributed by atoms with van der Waals surface area (Å²) in [5.41, 5.74) is 2.88. The van der Waals surface area contributed by atoms with Gasteiger partial charge in [-0.3, -0.25) is 0 Å². The number of aryl methyl sites for hydroxylation is 1. The van der Waals surface area contributed by atoms with E-state index < -0.39 is 0 Å². The van der Waals surface area contributed by atoms with Gasteiger partial charge in [0.15, 0.2) is 0 Å². The Kier molecular flexibility index (Phi) is 2.96. The number of hydrogen-bond donors (Lipinski definition) is 1. The van der Waals surface area contributed by atoms with Gasteiger partial charge in [-0.05, 0) is 49.1 Å². The summed E-state index contributed by atoms with van der Waals surface area (Å²) >= 11 is 0. The Hall–Kier alpha value is -1.02. The largest absolute Gasteiger partial charge is 0.497 e. The van der Waals surface area contributed by atoms with Crippen LogP contribution in [0.15, 0.2) is 18.2 Å². The first-order chi connectivity index (χ1) is 7.26. The van der Waals surface area contributed by atoms with Crippen LogP contribution in [-0.4, -0.2) is 14.2 Å². The third-order valence-electron chi connectivity index (χ3n) is 3.43. The number of rotatable bonds is 2. The van der Waals surface area contributed by atoms with E-state index in [1.165, 1.54) is 24.0 Å². The van der Waals surface area contributed by atoms with E-state index in [1.54, 1.807) is 7.11 Å². The lowest BCUT2D eigenvalue weighted by Gasteiger charge is -2.31. The van der Waals surface area contributed by atoms with Crippen molar-refractivity contribution >= 4 is 0 Å². The van der Waals surface area contributed by atoms with Crippen LogP contribution in [0.4, 0.5) is 0 Å². The van der Waals surface area contributed by atoms with E-state index in [-0.39, 0.29) is 0 Å². The third-order valence-corrected chi connectivity index (χ3v) is 3.43. The van der Waals surface area contributed by atoms with Crippen molar-refractivity contribution in [3.63, 3.8) is 0 Å². The number of benzene rings is 1. The zero-order valence-electron chi connectivity index (χ0n) is 9.71. The maximum Gasteiger partial charge on any atom is 0.119 e. The SMILES string of the molecule is CNC1c2ccc(OC)cc2CCC1C. The highest BCUT2D eigenvalue weighted by molar-refractivity contribution is 5.39. The molecule has 1 aliphatic rings. The van der Waals surface area contributed by atoms with Crippen molar-refractivity contribution in [2.24, 2.45) is 5.92 Å². The summed E-state index contributed by atoms with van der Waals surface area (Å²) in [6.45, 7) is 2.31. The number of fused-ring (bicyclic) bond motifs is 1. The van der Waals surface area contributed by atoms with Crippen LogP contribution in [0.2, 0.25) is 0 Å². The highest BCUT2D eigenvalue weighted by Gasteiger charge is 2.25. The second kappa shape index (κ2) is 4.23. The summed E-state index contributed by atoms with van der Waals surface area (Å²) in [6, 6.07) is 6.93. The standard InChI is InChI=1S/C13H19NO/c1-9-4-5-10-8-11(15-3)6-7-12(10)13(9)14-2/h6-9,13-14H,4-5H2,1-3H3. The van der Waals surface area contributed by atoms with Gasteiger partial charge in [0.25, 0.3) is 0 Å². The Morgan fingerprint density at radius 2 is 2.20 bits per heavy atom. The summed E-state index contributed by atoms with van der Waals surface area (Å²) in [5, 5.41) is 3.41. The quantitative estimate of drug-likeness (QED) is 0.801. The molecule has 15 heavy (non-hydrogen) atoms. The van der Waals surface area contributed by atoms with Crippen molar-refractivity contribution in [3.8, 4) is 5.75 Å². The Morgan fingerprint density at radius 3 is 2.87 bits per heavy atom. The molecule has 1 aromatic carbocycles. The lowest BCUT2D eigenvalue weighted by atomic mass is 9.81. The summed E-state index contributed by atoms with van der Waals surface area (Å²) in [4.78, 5) is 0. The molecule has 0 fully saturated rings. The van der Waals surface area contributed by atoms with Gasteiger partial charge in [0.1, 0.15) is 5.75 Å². The lowest BCUT2D eigenvalue weighted by Crippen LogP contribution is -2.28. The van der Waals surface area contributed by atoms with Crippen LogP contribution in [0.5, 0.6) is 5.75 Å². The maximum atomic E-state index is 5.26. The topological polar surface area (TPSA) is 21.3 Å². The van der Waals surface area contributed by atoms with Crippen molar-refractivity contribution in [1.29, 1.82) is 0 Å². The summed E-state index contributed by atoms with van der Waals surface area (Å²) in [5.74, 6) is 1.69. The normalized spacial score (nSPS) is 24.7. The molecule has 2 atom stereocenters. The zero-order valence-corrected chi connectivity index (χ0v) is 9.71. The fraction of sp³-hybridized carbons (Fsp3) is 0.538. The molecule has 0 saturated carbocycles. The molecule has 0 radical (unpaired) electrons. The molecular formula is C13H19NO. The van der Waals surface area contributed by atoms with Crippen molar-refractivity contribution in [2.45, 2.75) is 25.8 Å². The molecule has 1 N–H and O–H groups in total. The predicted octanol–water partition coefficient (Wildman–Crippen LogP) is 2.54. The highest BCUT2D eigenvalue weighted by Crippen LogP contribution is 2.35. The average molecular weight is 205 g/mol. The highest BCUT2D eigenvalue weighted by atomic mass is 16.5. The molecule has 0 aromatic heterocycles. The van der Waals surface area contributed by atoms with Crippen LogP contribution >= 0.6 is 0 Å². The second-order valence-corrected chi connectivity index (χ2v) is 4.35. The Morgan fingerprint density at radius 1 is 1.40 bits per heavy atom. The van der Waals surface area contributed by atoms with E-state index in [2.05, 4.69) is 30.4 Å². The number of methoxy groups -OCH3 is 1. The average Bonchev–Trinajstić information content (AvgIpc) is 2.28. The van der Waals surface area contributed by atoms with E-state index in [9.17, 15) is 0 Å². The van der Waals surface area contributed by atoms with Crippen LogP contribution < -0.4 is 10.1 Å². The minimum Gasteiger partial charge on any atom is -0.497 e. The van der Waals surface area contributed by atoms with Crippen molar-refractivity contribution in [1.82, 2.24) is 5.32 Å². The zero-order chi connectivity index (χ0) is 10.8. The number of hydrogen-bond acceptors (Lipinski definition) is 2. The summed E-state index contributed by atoms with van der Waals surface area (Å²) < 4.78 is 5.26. The molecule has 0 spiro atoms. The van der Waals surface area contributed by atoms with E-state index in [1.807, 2.05) is 7.05 Å².